The smallest absolute Gasteiger partial charge is 0.326 e. The van der Waals surface area contributed by atoms with E-state index in [0.29, 0.717) is 19.3 Å². The standard InChI is InChI=1S/C31H53N11O9/c1-16(2)24(29(49)42-15-5-8-21(42)30(50)51)40-26(46)19(10-12-23(34)44)38-25(45)18(9-11-22(33)43)39-27(47)20-7-4-14-41(20)28(48)17(32)6-3-13-37-31(35)36/h16-21,24H,3-15,32H2,1-2H3,(H2,33,43)(H2,34,44)(H,38,45)(H,39,47)(H,40,46)(H,50,51)(H4,35,36,37). The van der Waals surface area contributed by atoms with Crippen LogP contribution < -0.4 is 44.6 Å². The van der Waals surface area contributed by atoms with Crippen molar-refractivity contribution in [3.05, 3.63) is 0 Å². The summed E-state index contributed by atoms with van der Waals surface area (Å²) in [4.78, 5) is 109. The van der Waals surface area contributed by atoms with E-state index in [1.54, 1.807) is 13.8 Å². The van der Waals surface area contributed by atoms with Crippen LogP contribution in [0.1, 0.15) is 78.1 Å². The van der Waals surface area contributed by atoms with Crippen molar-refractivity contribution in [2.75, 3.05) is 19.6 Å². The first-order valence-electron chi connectivity index (χ1n) is 17.1. The molecular formula is C31H53N11O9. The van der Waals surface area contributed by atoms with Crippen LogP contribution in [0.2, 0.25) is 0 Å². The highest BCUT2D eigenvalue weighted by Gasteiger charge is 2.41. The van der Waals surface area contributed by atoms with Gasteiger partial charge in [0.25, 0.3) is 0 Å². The van der Waals surface area contributed by atoms with Gasteiger partial charge >= 0.3 is 5.97 Å². The van der Waals surface area contributed by atoms with Crippen LogP contribution in [0.5, 0.6) is 0 Å². The number of rotatable bonds is 20. The number of nitrogens with one attached hydrogen (secondary N) is 3. The Morgan fingerprint density at radius 3 is 1.76 bits per heavy atom. The Labute approximate surface area is 296 Å². The van der Waals surface area contributed by atoms with E-state index in [4.69, 9.17) is 28.7 Å². The number of aliphatic imine (C=N–C) groups is 1. The number of nitrogens with zero attached hydrogens (tertiary/aromatic N) is 3. The van der Waals surface area contributed by atoms with E-state index in [1.165, 1.54) is 9.80 Å². The van der Waals surface area contributed by atoms with Gasteiger partial charge in [0, 0.05) is 32.5 Å². The Balaban J connectivity index is 2.22. The zero-order valence-corrected chi connectivity index (χ0v) is 29.2. The summed E-state index contributed by atoms with van der Waals surface area (Å²) in [7, 11) is 0. The summed E-state index contributed by atoms with van der Waals surface area (Å²) in [5.74, 6) is -6.84. The number of aliphatic carboxylic acids is 1. The average Bonchev–Trinajstić information content (AvgIpc) is 3.75. The van der Waals surface area contributed by atoms with Gasteiger partial charge in [-0.1, -0.05) is 13.8 Å². The molecule has 0 saturated carbocycles. The Bertz CT molecular complexity index is 1340. The Hall–Kier alpha value is -5.01. The lowest BCUT2D eigenvalue weighted by Gasteiger charge is -2.31. The molecule has 0 aromatic carbocycles. The van der Waals surface area contributed by atoms with Gasteiger partial charge in [0.2, 0.25) is 41.4 Å². The van der Waals surface area contributed by atoms with E-state index in [1.807, 2.05) is 0 Å². The number of hydrogen-bond donors (Lipinski definition) is 9. The lowest BCUT2D eigenvalue weighted by Crippen LogP contribution is -2.60. The molecule has 2 aliphatic rings. The zero-order chi connectivity index (χ0) is 38.4. The summed E-state index contributed by atoms with van der Waals surface area (Å²) in [6.07, 6.45) is 0.950. The number of carbonyl (C=O) groups excluding carboxylic acids is 7. The number of hydrogen-bond acceptors (Lipinski definition) is 10. The molecule has 0 aromatic heterocycles. The SMILES string of the molecule is CC(C)C(NC(=O)C(CCC(N)=O)NC(=O)C(CCC(N)=O)NC(=O)C1CCCN1C(=O)C(N)CCCN=C(N)N)C(=O)N1CCCC1C(=O)O. The minimum atomic E-state index is -1.43. The second-order valence-electron chi connectivity index (χ2n) is 13.1. The summed E-state index contributed by atoms with van der Waals surface area (Å²) in [6, 6.07) is -6.95. The quantitative estimate of drug-likeness (QED) is 0.0330. The summed E-state index contributed by atoms with van der Waals surface area (Å²) in [6.45, 7) is 4.00. The molecule has 2 fully saturated rings. The topological polar surface area (TPSA) is 342 Å². The lowest BCUT2D eigenvalue weighted by atomic mass is 10.0. The third-order valence-corrected chi connectivity index (χ3v) is 8.80. The summed E-state index contributed by atoms with van der Waals surface area (Å²) < 4.78 is 0. The number of carboxylic acid groups (broad SMARTS) is 1. The summed E-state index contributed by atoms with van der Waals surface area (Å²) in [5, 5.41) is 17.2. The van der Waals surface area contributed by atoms with Gasteiger partial charge in [-0.3, -0.25) is 38.6 Å². The maximum absolute atomic E-state index is 13.6. The molecule has 20 nitrogen and oxygen atoms in total. The lowest BCUT2D eigenvalue weighted by molar-refractivity contribution is -0.150. The van der Waals surface area contributed by atoms with Crippen LogP contribution >= 0.6 is 0 Å². The minimum Gasteiger partial charge on any atom is -0.480 e. The first-order valence-corrected chi connectivity index (χ1v) is 17.1. The molecule has 0 spiro atoms. The fourth-order valence-corrected chi connectivity index (χ4v) is 6.04. The van der Waals surface area contributed by atoms with Crippen molar-refractivity contribution in [1.82, 2.24) is 25.8 Å². The fourth-order valence-electron chi connectivity index (χ4n) is 6.04. The van der Waals surface area contributed by atoms with E-state index in [-0.39, 0.29) is 70.5 Å². The Morgan fingerprint density at radius 1 is 0.745 bits per heavy atom. The number of likely N-dealkylation sites (tertiary alicyclic amines) is 2. The molecule has 6 unspecified atom stereocenters. The molecule has 7 amide bonds. The second kappa shape index (κ2) is 20.0. The van der Waals surface area contributed by atoms with Crippen LogP contribution in [0.3, 0.4) is 0 Å². The predicted octanol–water partition coefficient (Wildman–Crippen LogP) is -3.92. The van der Waals surface area contributed by atoms with Gasteiger partial charge in [-0.15, -0.1) is 0 Å². The molecule has 51 heavy (non-hydrogen) atoms. The molecule has 2 rings (SSSR count). The second-order valence-corrected chi connectivity index (χ2v) is 13.1. The van der Waals surface area contributed by atoms with Crippen molar-refractivity contribution in [2.45, 2.75) is 114 Å². The van der Waals surface area contributed by atoms with E-state index in [2.05, 4.69) is 20.9 Å². The third kappa shape index (κ3) is 13.0. The molecule has 20 heteroatoms. The van der Waals surface area contributed by atoms with Crippen molar-refractivity contribution in [2.24, 2.45) is 39.6 Å². The van der Waals surface area contributed by atoms with Crippen molar-refractivity contribution >= 4 is 53.3 Å². The molecule has 286 valence electrons. The van der Waals surface area contributed by atoms with E-state index >= 15 is 0 Å². The van der Waals surface area contributed by atoms with Crippen LogP contribution in [-0.2, 0) is 38.4 Å². The average molecular weight is 724 g/mol. The molecule has 14 N–H and O–H groups in total. The van der Waals surface area contributed by atoms with Crippen molar-refractivity contribution in [1.29, 1.82) is 0 Å². The number of amides is 7. The number of primary amides is 2. The van der Waals surface area contributed by atoms with Crippen LogP contribution in [0.15, 0.2) is 4.99 Å². The molecule has 0 bridgehead atoms. The Morgan fingerprint density at radius 2 is 1.25 bits per heavy atom. The van der Waals surface area contributed by atoms with E-state index in [9.17, 15) is 43.5 Å². The fraction of sp³-hybridized carbons (Fsp3) is 0.710. The first kappa shape index (κ1) is 42.2. The van der Waals surface area contributed by atoms with Crippen LogP contribution in [0.4, 0.5) is 0 Å². The van der Waals surface area contributed by atoms with Crippen LogP contribution in [0, 0.1) is 5.92 Å². The number of carbonyl (C=O) groups is 8. The van der Waals surface area contributed by atoms with Gasteiger partial charge in [-0.2, -0.15) is 0 Å². The minimum absolute atomic E-state index is 0.0935. The summed E-state index contributed by atoms with van der Waals surface area (Å²) >= 11 is 0. The van der Waals surface area contributed by atoms with Gasteiger partial charge in [-0.25, -0.2) is 4.79 Å². The predicted molar refractivity (Wildman–Crippen MR) is 182 cm³/mol. The molecule has 6 atom stereocenters. The van der Waals surface area contributed by atoms with Gasteiger partial charge in [0.05, 0.1) is 6.04 Å². The molecule has 2 aliphatic heterocycles. The van der Waals surface area contributed by atoms with Gasteiger partial charge in [-0.05, 0) is 57.3 Å². The van der Waals surface area contributed by atoms with E-state index < -0.39 is 89.5 Å². The van der Waals surface area contributed by atoms with Gasteiger partial charge in [0.1, 0.15) is 30.2 Å². The zero-order valence-electron chi connectivity index (χ0n) is 29.2. The number of carboxylic acids is 1. The highest BCUT2D eigenvalue weighted by molar-refractivity contribution is 5.97. The maximum atomic E-state index is 13.6. The van der Waals surface area contributed by atoms with Gasteiger partial charge < -0.3 is 59.5 Å². The molecule has 2 saturated heterocycles. The normalized spacial score (nSPS) is 19.4. The third-order valence-electron chi connectivity index (χ3n) is 8.80. The first-order chi connectivity index (χ1) is 23.9. The Kier molecular flexibility index (Phi) is 16.5. The van der Waals surface area contributed by atoms with Crippen LogP contribution in [-0.4, -0.2) is 124 Å². The molecular weight excluding hydrogens is 670 g/mol. The highest BCUT2D eigenvalue weighted by atomic mass is 16.4. The van der Waals surface area contributed by atoms with Crippen molar-refractivity contribution < 1.29 is 43.5 Å². The molecule has 0 radical (unpaired) electrons. The van der Waals surface area contributed by atoms with Gasteiger partial charge in [0.15, 0.2) is 5.96 Å². The molecule has 0 aliphatic carbocycles. The number of guanidine groups is 1. The van der Waals surface area contributed by atoms with E-state index in [0.717, 1.165) is 0 Å². The summed E-state index contributed by atoms with van der Waals surface area (Å²) in [5.41, 5.74) is 27.4. The maximum Gasteiger partial charge on any atom is 0.326 e. The van der Waals surface area contributed by atoms with Crippen molar-refractivity contribution in [3.8, 4) is 0 Å². The number of nitrogens with two attached hydrogens (primary N) is 5. The molecule has 2 heterocycles. The molecule has 0 aromatic rings. The monoisotopic (exact) mass is 723 g/mol. The van der Waals surface area contributed by atoms with Crippen LogP contribution in [0.25, 0.3) is 0 Å². The van der Waals surface area contributed by atoms with Crippen molar-refractivity contribution in [3.63, 3.8) is 0 Å². The largest absolute Gasteiger partial charge is 0.480 e. The highest BCUT2D eigenvalue weighted by Crippen LogP contribution is 2.22.